The third kappa shape index (κ3) is 4.58. The van der Waals surface area contributed by atoms with E-state index in [2.05, 4.69) is 16.9 Å². The fourth-order valence-electron chi connectivity index (χ4n) is 2.71. The van der Waals surface area contributed by atoms with Crippen molar-refractivity contribution in [2.75, 3.05) is 13.2 Å². The Hall–Kier alpha value is -1.85. The predicted octanol–water partition coefficient (Wildman–Crippen LogP) is 3.53. The SMILES string of the molecule is CCc1ccc(S(=O)(=O)NCCOc2c(C)cc(C)cc2C)cc1. The first-order valence-corrected chi connectivity index (χ1v) is 9.61. The van der Waals surface area contributed by atoms with Crippen molar-refractivity contribution in [3.05, 3.63) is 58.7 Å². The van der Waals surface area contributed by atoms with Crippen LogP contribution >= 0.6 is 0 Å². The zero-order chi connectivity index (χ0) is 17.7. The summed E-state index contributed by atoms with van der Waals surface area (Å²) in [7, 11) is -3.50. The van der Waals surface area contributed by atoms with Gasteiger partial charge < -0.3 is 4.74 Å². The summed E-state index contributed by atoms with van der Waals surface area (Å²) in [5.41, 5.74) is 4.42. The van der Waals surface area contributed by atoms with E-state index in [-0.39, 0.29) is 18.0 Å². The molecule has 24 heavy (non-hydrogen) atoms. The van der Waals surface area contributed by atoms with E-state index in [9.17, 15) is 8.42 Å². The number of hydrogen-bond acceptors (Lipinski definition) is 3. The van der Waals surface area contributed by atoms with Crippen LogP contribution < -0.4 is 9.46 Å². The van der Waals surface area contributed by atoms with Crippen molar-refractivity contribution >= 4 is 10.0 Å². The molecule has 1 N–H and O–H groups in total. The minimum Gasteiger partial charge on any atom is -0.492 e. The molecule has 0 fully saturated rings. The van der Waals surface area contributed by atoms with Gasteiger partial charge in [-0.15, -0.1) is 0 Å². The van der Waals surface area contributed by atoms with Gasteiger partial charge in [-0.3, -0.25) is 0 Å². The Morgan fingerprint density at radius 1 is 1.00 bits per heavy atom. The van der Waals surface area contributed by atoms with Crippen LogP contribution in [0.3, 0.4) is 0 Å². The average Bonchev–Trinajstić information content (AvgIpc) is 2.53. The number of benzene rings is 2. The largest absolute Gasteiger partial charge is 0.492 e. The summed E-state index contributed by atoms with van der Waals surface area (Å²) in [6.07, 6.45) is 0.886. The Morgan fingerprint density at radius 3 is 2.12 bits per heavy atom. The second-order valence-electron chi connectivity index (χ2n) is 5.97. The van der Waals surface area contributed by atoms with E-state index in [1.807, 2.05) is 39.8 Å². The summed E-state index contributed by atoms with van der Waals surface area (Å²) < 4.78 is 32.9. The number of aryl methyl sites for hydroxylation is 4. The molecule has 0 aliphatic rings. The van der Waals surface area contributed by atoms with Crippen molar-refractivity contribution in [3.63, 3.8) is 0 Å². The van der Waals surface area contributed by atoms with E-state index in [4.69, 9.17) is 4.74 Å². The smallest absolute Gasteiger partial charge is 0.240 e. The normalized spacial score (nSPS) is 11.5. The van der Waals surface area contributed by atoms with Crippen LogP contribution in [-0.2, 0) is 16.4 Å². The van der Waals surface area contributed by atoms with Crippen molar-refractivity contribution in [2.24, 2.45) is 0 Å². The summed E-state index contributed by atoms with van der Waals surface area (Å²) in [5, 5.41) is 0. The average molecular weight is 347 g/mol. The fraction of sp³-hybridized carbons (Fsp3) is 0.368. The van der Waals surface area contributed by atoms with E-state index in [1.165, 1.54) is 5.56 Å². The zero-order valence-corrected chi connectivity index (χ0v) is 15.5. The van der Waals surface area contributed by atoms with Crippen molar-refractivity contribution in [2.45, 2.75) is 39.0 Å². The molecular weight excluding hydrogens is 322 g/mol. The van der Waals surface area contributed by atoms with Crippen molar-refractivity contribution in [3.8, 4) is 5.75 Å². The lowest BCUT2D eigenvalue weighted by Gasteiger charge is -2.13. The van der Waals surface area contributed by atoms with Gasteiger partial charge in [-0.05, 0) is 56.0 Å². The molecule has 2 rings (SSSR count). The third-order valence-corrected chi connectivity index (χ3v) is 5.36. The molecule has 0 atom stereocenters. The Morgan fingerprint density at radius 2 is 1.58 bits per heavy atom. The maximum atomic E-state index is 12.3. The van der Waals surface area contributed by atoms with E-state index >= 15 is 0 Å². The third-order valence-electron chi connectivity index (χ3n) is 3.89. The van der Waals surface area contributed by atoms with Gasteiger partial charge >= 0.3 is 0 Å². The Bertz CT molecular complexity index is 773. The highest BCUT2D eigenvalue weighted by atomic mass is 32.2. The Kier molecular flexibility index (Phi) is 6.02. The molecule has 4 nitrogen and oxygen atoms in total. The lowest BCUT2D eigenvalue weighted by Crippen LogP contribution is -2.28. The van der Waals surface area contributed by atoms with Gasteiger partial charge in [-0.25, -0.2) is 13.1 Å². The summed E-state index contributed by atoms with van der Waals surface area (Å²) in [6.45, 7) is 8.58. The van der Waals surface area contributed by atoms with Gasteiger partial charge in [0.2, 0.25) is 10.0 Å². The summed E-state index contributed by atoms with van der Waals surface area (Å²) in [4.78, 5) is 0.280. The molecule has 5 heteroatoms. The molecule has 0 aromatic heterocycles. The summed E-state index contributed by atoms with van der Waals surface area (Å²) in [6, 6.07) is 11.1. The molecule has 0 aliphatic carbocycles. The first kappa shape index (κ1) is 18.5. The quantitative estimate of drug-likeness (QED) is 0.780. The van der Waals surface area contributed by atoms with Gasteiger partial charge in [-0.2, -0.15) is 0 Å². The highest BCUT2D eigenvalue weighted by molar-refractivity contribution is 7.89. The van der Waals surface area contributed by atoms with E-state index in [1.54, 1.807) is 12.1 Å². The molecule has 0 saturated heterocycles. The molecule has 0 unspecified atom stereocenters. The Balaban J connectivity index is 1.94. The van der Waals surface area contributed by atoms with Gasteiger partial charge in [0.1, 0.15) is 12.4 Å². The second kappa shape index (κ2) is 7.81. The number of ether oxygens (including phenoxy) is 1. The van der Waals surface area contributed by atoms with Crippen LogP contribution in [0.5, 0.6) is 5.75 Å². The molecule has 0 saturated carbocycles. The molecule has 0 radical (unpaired) electrons. The van der Waals surface area contributed by atoms with Gasteiger partial charge in [-0.1, -0.05) is 36.8 Å². The first-order valence-electron chi connectivity index (χ1n) is 8.12. The van der Waals surface area contributed by atoms with Crippen LogP contribution in [0.25, 0.3) is 0 Å². The van der Waals surface area contributed by atoms with Crippen molar-refractivity contribution in [1.29, 1.82) is 0 Å². The molecule has 0 bridgehead atoms. The highest BCUT2D eigenvalue weighted by Gasteiger charge is 2.13. The molecule has 0 aliphatic heterocycles. The highest BCUT2D eigenvalue weighted by Crippen LogP contribution is 2.24. The summed E-state index contributed by atoms with van der Waals surface area (Å²) in [5.74, 6) is 0.826. The fourth-order valence-corrected chi connectivity index (χ4v) is 3.72. The summed E-state index contributed by atoms with van der Waals surface area (Å²) >= 11 is 0. The minimum atomic E-state index is -3.50. The first-order chi connectivity index (χ1) is 11.3. The van der Waals surface area contributed by atoms with Gasteiger partial charge in [0.05, 0.1) is 4.90 Å². The molecule has 0 heterocycles. The van der Waals surface area contributed by atoms with Crippen molar-refractivity contribution in [1.82, 2.24) is 4.72 Å². The zero-order valence-electron chi connectivity index (χ0n) is 14.7. The number of sulfonamides is 1. The van der Waals surface area contributed by atoms with E-state index in [0.29, 0.717) is 0 Å². The Labute approximate surface area is 144 Å². The lowest BCUT2D eigenvalue weighted by molar-refractivity contribution is 0.318. The van der Waals surface area contributed by atoms with Gasteiger partial charge in [0.15, 0.2) is 0 Å². The second-order valence-corrected chi connectivity index (χ2v) is 7.74. The lowest BCUT2D eigenvalue weighted by atomic mass is 10.1. The number of rotatable bonds is 7. The minimum absolute atomic E-state index is 0.227. The number of nitrogens with one attached hydrogen (secondary N) is 1. The van der Waals surface area contributed by atoms with Crippen LogP contribution in [0.1, 0.15) is 29.2 Å². The number of hydrogen-bond donors (Lipinski definition) is 1. The maximum absolute atomic E-state index is 12.3. The predicted molar refractivity (Wildman–Crippen MR) is 97.2 cm³/mol. The topological polar surface area (TPSA) is 55.4 Å². The van der Waals surface area contributed by atoms with Crippen LogP contribution in [0.15, 0.2) is 41.3 Å². The van der Waals surface area contributed by atoms with Gasteiger partial charge in [0.25, 0.3) is 0 Å². The molecule has 130 valence electrons. The molecular formula is C19H25NO3S. The van der Waals surface area contributed by atoms with Crippen LogP contribution in [0.2, 0.25) is 0 Å². The molecule has 2 aromatic carbocycles. The van der Waals surface area contributed by atoms with Crippen LogP contribution in [-0.4, -0.2) is 21.6 Å². The van der Waals surface area contributed by atoms with Crippen LogP contribution in [0.4, 0.5) is 0 Å². The molecule has 2 aromatic rings. The van der Waals surface area contributed by atoms with Gasteiger partial charge in [0, 0.05) is 6.54 Å². The molecule has 0 amide bonds. The monoisotopic (exact) mass is 347 g/mol. The van der Waals surface area contributed by atoms with Crippen LogP contribution in [0, 0.1) is 20.8 Å². The van der Waals surface area contributed by atoms with E-state index < -0.39 is 10.0 Å². The van der Waals surface area contributed by atoms with Crippen molar-refractivity contribution < 1.29 is 13.2 Å². The maximum Gasteiger partial charge on any atom is 0.240 e. The van der Waals surface area contributed by atoms with E-state index in [0.717, 1.165) is 28.9 Å². The molecule has 0 spiro atoms. The standard InChI is InChI=1S/C19H25NO3S/c1-5-17-6-8-18(9-7-17)24(21,22)20-10-11-23-19-15(3)12-14(2)13-16(19)4/h6-9,12-13,20H,5,10-11H2,1-4H3.